The molecule has 0 saturated heterocycles. The topological polar surface area (TPSA) is 56.5 Å². The molecule has 0 aliphatic carbocycles. The number of benzene rings is 2. The van der Waals surface area contributed by atoms with E-state index in [0.717, 1.165) is 17.1 Å². The van der Waals surface area contributed by atoms with Crippen LogP contribution in [0.25, 0.3) is 17.1 Å². The molecular weight excluding hydrogens is 292 g/mol. The first-order chi connectivity index (χ1) is 11.3. The van der Waals surface area contributed by atoms with E-state index in [0.29, 0.717) is 19.0 Å². The Labute approximate surface area is 133 Å². The number of imidazole rings is 1. The number of phenols is 1. The number of rotatable bonds is 3. The van der Waals surface area contributed by atoms with Crippen LogP contribution in [0.4, 0.5) is 0 Å². The fraction of sp³-hybridized carbons (Fsp3) is 0.167. The Morgan fingerprint density at radius 2 is 2.00 bits per heavy atom. The van der Waals surface area contributed by atoms with Gasteiger partial charge in [0.1, 0.15) is 5.82 Å². The monoisotopic (exact) mass is 308 g/mol. The molecular formula is C18H16N2O3. The maximum absolute atomic E-state index is 9.76. The second-order valence-corrected chi connectivity index (χ2v) is 5.45. The molecule has 1 aromatic heterocycles. The van der Waals surface area contributed by atoms with Gasteiger partial charge in [-0.15, -0.1) is 0 Å². The Kier molecular flexibility index (Phi) is 3.28. The molecule has 0 saturated carbocycles. The van der Waals surface area contributed by atoms with Crippen LogP contribution in [0.5, 0.6) is 11.5 Å². The molecule has 1 aliphatic rings. The second kappa shape index (κ2) is 5.44. The average Bonchev–Trinajstić information content (AvgIpc) is 3.23. The van der Waals surface area contributed by atoms with Crippen molar-refractivity contribution in [1.29, 1.82) is 0 Å². The Hall–Kier alpha value is -2.79. The lowest BCUT2D eigenvalue weighted by atomic mass is 10.1. The molecule has 0 fully saturated rings. The predicted molar refractivity (Wildman–Crippen MR) is 85.7 cm³/mol. The SMILES string of the molecule is COc1cc(-c2nccn2-c2ccc3c(c2)COC3)ccc1O. The zero-order valence-electron chi connectivity index (χ0n) is 12.7. The lowest BCUT2D eigenvalue weighted by molar-refractivity contribution is 0.134. The van der Waals surface area contributed by atoms with Crippen molar-refractivity contribution in [1.82, 2.24) is 9.55 Å². The van der Waals surface area contributed by atoms with Crippen molar-refractivity contribution in [2.24, 2.45) is 0 Å². The standard InChI is InChI=1S/C18H16N2O3/c1-22-17-9-12(3-5-16(17)21)18-19-6-7-20(18)15-4-2-13-10-23-11-14(13)8-15/h2-9,21H,10-11H2,1H3. The molecule has 0 atom stereocenters. The van der Waals surface area contributed by atoms with Crippen molar-refractivity contribution in [2.75, 3.05) is 7.11 Å². The maximum atomic E-state index is 9.76. The van der Waals surface area contributed by atoms with Crippen LogP contribution in [0, 0.1) is 0 Å². The highest BCUT2D eigenvalue weighted by Gasteiger charge is 2.15. The van der Waals surface area contributed by atoms with Gasteiger partial charge in [0.2, 0.25) is 0 Å². The van der Waals surface area contributed by atoms with E-state index in [1.807, 2.05) is 16.8 Å². The van der Waals surface area contributed by atoms with Crippen LogP contribution in [0.1, 0.15) is 11.1 Å². The van der Waals surface area contributed by atoms with Crippen molar-refractivity contribution in [3.05, 3.63) is 59.9 Å². The van der Waals surface area contributed by atoms with Gasteiger partial charge in [0.05, 0.1) is 20.3 Å². The lowest BCUT2D eigenvalue weighted by Crippen LogP contribution is -1.98. The quantitative estimate of drug-likeness (QED) is 0.806. The average molecular weight is 308 g/mol. The summed E-state index contributed by atoms with van der Waals surface area (Å²) >= 11 is 0. The van der Waals surface area contributed by atoms with Crippen LogP contribution in [-0.4, -0.2) is 21.8 Å². The number of ether oxygens (including phenoxy) is 2. The smallest absolute Gasteiger partial charge is 0.161 e. The van der Waals surface area contributed by atoms with Gasteiger partial charge >= 0.3 is 0 Å². The lowest BCUT2D eigenvalue weighted by Gasteiger charge is -2.11. The van der Waals surface area contributed by atoms with E-state index in [1.165, 1.54) is 18.2 Å². The number of aromatic hydroxyl groups is 1. The van der Waals surface area contributed by atoms with E-state index in [1.54, 1.807) is 18.3 Å². The molecule has 1 aliphatic heterocycles. The first kappa shape index (κ1) is 13.8. The van der Waals surface area contributed by atoms with Crippen molar-refractivity contribution in [2.45, 2.75) is 13.2 Å². The van der Waals surface area contributed by atoms with Gasteiger partial charge in [0.15, 0.2) is 11.5 Å². The van der Waals surface area contributed by atoms with Crippen LogP contribution < -0.4 is 4.74 Å². The van der Waals surface area contributed by atoms with Gasteiger partial charge in [-0.3, -0.25) is 4.57 Å². The van der Waals surface area contributed by atoms with Crippen molar-refractivity contribution in [3.8, 4) is 28.6 Å². The van der Waals surface area contributed by atoms with Crippen LogP contribution in [0.3, 0.4) is 0 Å². The van der Waals surface area contributed by atoms with E-state index in [9.17, 15) is 5.11 Å². The molecule has 116 valence electrons. The molecule has 0 radical (unpaired) electrons. The molecule has 2 aromatic carbocycles. The normalized spacial score (nSPS) is 13.1. The van der Waals surface area contributed by atoms with Crippen LogP contribution in [-0.2, 0) is 18.0 Å². The molecule has 1 N–H and O–H groups in total. The molecule has 0 bridgehead atoms. The summed E-state index contributed by atoms with van der Waals surface area (Å²) in [5.74, 6) is 1.34. The second-order valence-electron chi connectivity index (χ2n) is 5.45. The largest absolute Gasteiger partial charge is 0.504 e. The number of methoxy groups -OCH3 is 1. The number of hydrogen-bond donors (Lipinski definition) is 1. The van der Waals surface area contributed by atoms with E-state index in [4.69, 9.17) is 9.47 Å². The Bertz CT molecular complexity index is 845. The minimum Gasteiger partial charge on any atom is -0.504 e. The first-order valence-electron chi connectivity index (χ1n) is 7.37. The fourth-order valence-electron chi connectivity index (χ4n) is 2.85. The fourth-order valence-corrected chi connectivity index (χ4v) is 2.85. The van der Waals surface area contributed by atoms with Crippen molar-refractivity contribution < 1.29 is 14.6 Å². The van der Waals surface area contributed by atoms with Gasteiger partial charge in [-0.2, -0.15) is 0 Å². The molecule has 2 heterocycles. The highest BCUT2D eigenvalue weighted by Crippen LogP contribution is 2.32. The summed E-state index contributed by atoms with van der Waals surface area (Å²) in [5.41, 5.74) is 4.36. The van der Waals surface area contributed by atoms with Gasteiger partial charge in [-0.25, -0.2) is 4.98 Å². The van der Waals surface area contributed by atoms with E-state index < -0.39 is 0 Å². The summed E-state index contributed by atoms with van der Waals surface area (Å²) in [5, 5.41) is 9.76. The zero-order chi connectivity index (χ0) is 15.8. The predicted octanol–water partition coefficient (Wildman–Crippen LogP) is 3.28. The maximum Gasteiger partial charge on any atom is 0.161 e. The molecule has 5 heteroatoms. The molecule has 23 heavy (non-hydrogen) atoms. The van der Waals surface area contributed by atoms with E-state index in [-0.39, 0.29) is 5.75 Å². The minimum absolute atomic E-state index is 0.115. The zero-order valence-corrected chi connectivity index (χ0v) is 12.7. The molecule has 5 nitrogen and oxygen atoms in total. The third-order valence-electron chi connectivity index (χ3n) is 4.06. The Morgan fingerprint density at radius 3 is 2.87 bits per heavy atom. The molecule has 4 rings (SSSR count). The summed E-state index contributed by atoms with van der Waals surface area (Å²) < 4.78 is 12.7. The number of nitrogens with zero attached hydrogens (tertiary/aromatic N) is 2. The Balaban J connectivity index is 1.80. The molecule has 3 aromatic rings. The van der Waals surface area contributed by atoms with Gasteiger partial charge in [-0.1, -0.05) is 6.07 Å². The van der Waals surface area contributed by atoms with Gasteiger partial charge in [0.25, 0.3) is 0 Å². The molecule has 0 spiro atoms. The van der Waals surface area contributed by atoms with Gasteiger partial charge in [0, 0.05) is 23.6 Å². The Morgan fingerprint density at radius 1 is 1.13 bits per heavy atom. The van der Waals surface area contributed by atoms with E-state index in [2.05, 4.69) is 23.2 Å². The number of hydrogen-bond acceptors (Lipinski definition) is 4. The van der Waals surface area contributed by atoms with E-state index >= 15 is 0 Å². The molecule has 0 amide bonds. The van der Waals surface area contributed by atoms with Crippen molar-refractivity contribution >= 4 is 0 Å². The summed E-state index contributed by atoms with van der Waals surface area (Å²) in [4.78, 5) is 4.46. The summed E-state index contributed by atoms with van der Waals surface area (Å²) in [6.07, 6.45) is 3.69. The number of fused-ring (bicyclic) bond motifs is 1. The third-order valence-corrected chi connectivity index (χ3v) is 4.06. The van der Waals surface area contributed by atoms with Gasteiger partial charge < -0.3 is 14.6 Å². The third kappa shape index (κ3) is 2.35. The van der Waals surface area contributed by atoms with Crippen LogP contribution >= 0.6 is 0 Å². The highest BCUT2D eigenvalue weighted by molar-refractivity contribution is 5.63. The first-order valence-corrected chi connectivity index (χ1v) is 7.37. The van der Waals surface area contributed by atoms with Crippen molar-refractivity contribution in [3.63, 3.8) is 0 Å². The van der Waals surface area contributed by atoms with Crippen LogP contribution in [0.2, 0.25) is 0 Å². The summed E-state index contributed by atoms with van der Waals surface area (Å²) in [7, 11) is 1.53. The number of aromatic nitrogens is 2. The number of phenolic OH excluding ortho intramolecular Hbond substituents is 1. The van der Waals surface area contributed by atoms with Gasteiger partial charge in [-0.05, 0) is 41.5 Å². The molecule has 0 unspecified atom stereocenters. The minimum atomic E-state index is 0.115. The summed E-state index contributed by atoms with van der Waals surface area (Å²) in [6, 6.07) is 11.5. The summed E-state index contributed by atoms with van der Waals surface area (Å²) in [6.45, 7) is 1.34. The highest BCUT2D eigenvalue weighted by atomic mass is 16.5. The van der Waals surface area contributed by atoms with Crippen LogP contribution in [0.15, 0.2) is 48.8 Å².